The third-order valence-electron chi connectivity index (χ3n) is 2.52. The van der Waals surface area contributed by atoms with Crippen LogP contribution in [0.4, 0.5) is 5.82 Å². The lowest BCUT2D eigenvalue weighted by Gasteiger charge is -2.05. The van der Waals surface area contributed by atoms with Gasteiger partial charge in [-0.25, -0.2) is 0 Å². The maximum Gasteiger partial charge on any atom is 0.238 e. The smallest absolute Gasteiger partial charge is 0.238 e. The number of carbonyl (C=O) groups excluding carboxylic acids is 1. The fourth-order valence-corrected chi connectivity index (χ4v) is 3.23. The minimum atomic E-state index is -1.38. The molecule has 0 spiro atoms. The van der Waals surface area contributed by atoms with Gasteiger partial charge >= 0.3 is 0 Å². The third-order valence-corrected chi connectivity index (χ3v) is 4.32. The average molecular weight is 347 g/mol. The van der Waals surface area contributed by atoms with Gasteiger partial charge in [-0.3, -0.25) is 9.00 Å². The molecule has 1 aromatic carbocycles. The Morgan fingerprint density at radius 2 is 2.14 bits per heavy atom. The van der Waals surface area contributed by atoms with Crippen molar-refractivity contribution < 1.29 is 13.5 Å². The molecule has 1 heterocycles. The van der Waals surface area contributed by atoms with Gasteiger partial charge in [0, 0.05) is 26.9 Å². The minimum Gasteiger partial charge on any atom is -0.360 e. The van der Waals surface area contributed by atoms with E-state index in [9.17, 15) is 9.00 Å². The number of carbonyl (C=O) groups is 1. The highest BCUT2D eigenvalue weighted by atomic mass is 35.5. The van der Waals surface area contributed by atoms with E-state index < -0.39 is 16.7 Å². The van der Waals surface area contributed by atoms with Crippen LogP contribution in [-0.2, 0) is 21.3 Å². The number of rotatable bonds is 5. The molecule has 0 aliphatic rings. The van der Waals surface area contributed by atoms with E-state index in [0.29, 0.717) is 27.2 Å². The minimum absolute atomic E-state index is 0.148. The van der Waals surface area contributed by atoms with Gasteiger partial charge in [0.25, 0.3) is 0 Å². The molecule has 1 amide bonds. The van der Waals surface area contributed by atoms with Gasteiger partial charge in [0.1, 0.15) is 11.5 Å². The fourth-order valence-electron chi connectivity index (χ4n) is 1.61. The van der Waals surface area contributed by atoms with Crippen LogP contribution in [0.2, 0.25) is 10.0 Å². The summed E-state index contributed by atoms with van der Waals surface area (Å²) in [5, 5.41) is 7.08. The van der Waals surface area contributed by atoms with E-state index in [1.165, 1.54) is 0 Å². The summed E-state index contributed by atoms with van der Waals surface area (Å²) in [5.74, 6) is 0.525. The molecule has 0 saturated carbocycles. The van der Waals surface area contributed by atoms with E-state index in [1.807, 2.05) is 0 Å². The van der Waals surface area contributed by atoms with E-state index >= 15 is 0 Å². The number of hydrogen-bond donors (Lipinski definition) is 1. The van der Waals surface area contributed by atoms with Crippen LogP contribution in [0.5, 0.6) is 0 Å². The van der Waals surface area contributed by atoms with Crippen LogP contribution in [0.3, 0.4) is 0 Å². The maximum atomic E-state index is 12.0. The molecule has 112 valence electrons. The highest BCUT2D eigenvalue weighted by Crippen LogP contribution is 2.22. The summed E-state index contributed by atoms with van der Waals surface area (Å²) < 4.78 is 16.8. The Bertz CT molecular complexity index is 688. The van der Waals surface area contributed by atoms with Crippen LogP contribution in [0.25, 0.3) is 0 Å². The molecule has 1 N–H and O–H groups in total. The Balaban J connectivity index is 1.90. The van der Waals surface area contributed by atoms with Gasteiger partial charge in [0.2, 0.25) is 5.91 Å². The normalized spacial score (nSPS) is 12.1. The number of halogens is 2. The van der Waals surface area contributed by atoms with Crippen LogP contribution in [0.15, 0.2) is 28.8 Å². The van der Waals surface area contributed by atoms with Gasteiger partial charge in [-0.2, -0.15) is 0 Å². The number of benzene rings is 1. The highest BCUT2D eigenvalue weighted by Gasteiger charge is 2.12. The maximum absolute atomic E-state index is 12.0. The first-order valence-electron chi connectivity index (χ1n) is 5.96. The number of aromatic nitrogens is 1. The fraction of sp³-hybridized carbons (Fsp3) is 0.231. The second-order valence-corrected chi connectivity index (χ2v) is 6.64. The first-order chi connectivity index (χ1) is 9.94. The SMILES string of the molecule is Cc1cc(NC(=O)CS(=O)Cc2ccc(Cl)cc2Cl)no1. The van der Waals surface area contributed by atoms with Crippen LogP contribution < -0.4 is 5.32 Å². The summed E-state index contributed by atoms with van der Waals surface area (Å²) in [4.78, 5) is 11.7. The standard InChI is InChI=1S/C13H12Cl2N2O3S/c1-8-4-12(17-20-8)16-13(18)7-21(19)6-9-2-3-10(14)5-11(9)15/h2-5H,6-7H2,1H3,(H,16,17,18). The molecule has 8 heteroatoms. The number of nitrogens with one attached hydrogen (secondary N) is 1. The Kier molecular flexibility index (Phi) is 5.39. The monoisotopic (exact) mass is 346 g/mol. The molecule has 1 aromatic heterocycles. The van der Waals surface area contributed by atoms with E-state index in [0.717, 1.165) is 0 Å². The second kappa shape index (κ2) is 7.06. The zero-order valence-corrected chi connectivity index (χ0v) is 13.4. The van der Waals surface area contributed by atoms with Crippen molar-refractivity contribution >= 4 is 45.7 Å². The molecule has 2 rings (SSSR count). The summed E-state index contributed by atoms with van der Waals surface area (Å²) in [7, 11) is -1.38. The van der Waals surface area contributed by atoms with Crippen molar-refractivity contribution in [1.29, 1.82) is 0 Å². The number of aryl methyl sites for hydroxylation is 1. The Hall–Kier alpha value is -1.37. The van der Waals surface area contributed by atoms with Crippen molar-refractivity contribution in [2.45, 2.75) is 12.7 Å². The van der Waals surface area contributed by atoms with E-state index in [2.05, 4.69) is 10.5 Å². The lowest BCUT2D eigenvalue weighted by molar-refractivity contribution is -0.113. The van der Waals surface area contributed by atoms with Crippen molar-refractivity contribution in [1.82, 2.24) is 5.16 Å². The summed E-state index contributed by atoms with van der Waals surface area (Å²) in [6, 6.07) is 6.52. The van der Waals surface area contributed by atoms with Gasteiger partial charge in [-0.05, 0) is 24.6 Å². The molecule has 0 aliphatic heterocycles. The van der Waals surface area contributed by atoms with Crippen molar-refractivity contribution in [2.75, 3.05) is 11.1 Å². The van der Waals surface area contributed by atoms with Crippen LogP contribution in [-0.4, -0.2) is 21.0 Å². The summed E-state index contributed by atoms with van der Waals surface area (Å²) in [6.45, 7) is 1.71. The van der Waals surface area contributed by atoms with Crippen LogP contribution >= 0.6 is 23.2 Å². The largest absolute Gasteiger partial charge is 0.360 e. The molecule has 1 atom stereocenters. The Morgan fingerprint density at radius 1 is 1.38 bits per heavy atom. The van der Waals surface area contributed by atoms with Gasteiger partial charge in [0.15, 0.2) is 5.82 Å². The molecule has 0 radical (unpaired) electrons. The summed E-state index contributed by atoms with van der Waals surface area (Å²) >= 11 is 11.8. The highest BCUT2D eigenvalue weighted by molar-refractivity contribution is 7.85. The lowest BCUT2D eigenvalue weighted by Crippen LogP contribution is -2.20. The Morgan fingerprint density at radius 3 is 2.76 bits per heavy atom. The average Bonchev–Trinajstić information content (AvgIpc) is 2.78. The van der Waals surface area contributed by atoms with E-state index in [-0.39, 0.29) is 11.5 Å². The summed E-state index contributed by atoms with van der Waals surface area (Å²) in [6.07, 6.45) is 0. The molecule has 0 fully saturated rings. The van der Waals surface area contributed by atoms with Gasteiger partial charge in [-0.15, -0.1) is 0 Å². The number of anilines is 1. The first-order valence-corrected chi connectivity index (χ1v) is 8.20. The number of amides is 1. The van der Waals surface area contributed by atoms with E-state index in [4.69, 9.17) is 27.7 Å². The first kappa shape index (κ1) is 16.0. The quantitative estimate of drug-likeness (QED) is 0.902. The van der Waals surface area contributed by atoms with Gasteiger partial charge < -0.3 is 9.84 Å². The third kappa shape index (κ3) is 4.84. The topological polar surface area (TPSA) is 72.2 Å². The van der Waals surface area contributed by atoms with Gasteiger partial charge in [0.05, 0.1) is 5.75 Å². The van der Waals surface area contributed by atoms with Gasteiger partial charge in [-0.1, -0.05) is 34.4 Å². The molecule has 1 unspecified atom stereocenters. The van der Waals surface area contributed by atoms with Crippen LogP contribution in [0.1, 0.15) is 11.3 Å². The molecule has 5 nitrogen and oxygen atoms in total. The van der Waals surface area contributed by atoms with Crippen molar-refractivity contribution in [3.8, 4) is 0 Å². The summed E-state index contributed by atoms with van der Waals surface area (Å²) in [5.41, 5.74) is 0.685. The predicted molar refractivity (Wildman–Crippen MR) is 83.0 cm³/mol. The predicted octanol–water partition coefficient (Wildman–Crippen LogP) is 3.18. The number of nitrogens with zero attached hydrogens (tertiary/aromatic N) is 1. The second-order valence-electron chi connectivity index (χ2n) is 4.34. The molecule has 0 saturated heterocycles. The van der Waals surface area contributed by atoms with E-state index in [1.54, 1.807) is 31.2 Å². The molecule has 21 heavy (non-hydrogen) atoms. The van der Waals surface area contributed by atoms with Crippen molar-refractivity contribution in [2.24, 2.45) is 0 Å². The zero-order valence-electron chi connectivity index (χ0n) is 11.1. The van der Waals surface area contributed by atoms with Crippen LogP contribution in [0, 0.1) is 6.92 Å². The number of hydrogen-bond acceptors (Lipinski definition) is 4. The Labute approximate surface area is 134 Å². The molecule has 0 aliphatic carbocycles. The molecule has 0 bridgehead atoms. The molecular weight excluding hydrogens is 335 g/mol. The zero-order chi connectivity index (χ0) is 15.4. The van der Waals surface area contributed by atoms with Crippen molar-refractivity contribution in [3.05, 3.63) is 45.6 Å². The molecule has 2 aromatic rings. The molecular formula is C13H12Cl2N2O3S. The van der Waals surface area contributed by atoms with Crippen molar-refractivity contribution in [3.63, 3.8) is 0 Å². The lowest BCUT2D eigenvalue weighted by atomic mass is 10.2.